The number of carbonyl (C=O) groups excluding carboxylic acids is 1. The first kappa shape index (κ1) is 17.0. The quantitative estimate of drug-likeness (QED) is 0.689. The summed E-state index contributed by atoms with van der Waals surface area (Å²) in [7, 11) is 0. The highest BCUT2D eigenvalue weighted by molar-refractivity contribution is 5.90. The molecule has 1 heterocycles. The molecule has 2 N–H and O–H groups in total. The second kappa shape index (κ2) is 7.46. The fourth-order valence-corrected chi connectivity index (χ4v) is 3.40. The molecule has 2 amide bonds. The smallest absolute Gasteiger partial charge is 0.319 e. The van der Waals surface area contributed by atoms with Gasteiger partial charge in [-0.2, -0.15) is 0 Å². The van der Waals surface area contributed by atoms with Crippen LogP contribution in [0.5, 0.6) is 0 Å². The summed E-state index contributed by atoms with van der Waals surface area (Å²) in [6, 6.07) is 25.7. The second-order valence-electron chi connectivity index (χ2n) is 6.51. The van der Waals surface area contributed by atoms with Crippen LogP contribution in [-0.2, 0) is 6.42 Å². The summed E-state index contributed by atoms with van der Waals surface area (Å²) in [5.74, 6) is -0.259. The lowest BCUT2D eigenvalue weighted by atomic mass is 9.88. The molecule has 1 atom stereocenters. The first-order chi connectivity index (χ1) is 13.2. The number of hydrogen-bond acceptors (Lipinski definition) is 1. The van der Waals surface area contributed by atoms with E-state index in [4.69, 9.17) is 0 Å². The minimum Gasteiger partial charge on any atom is -0.327 e. The van der Waals surface area contributed by atoms with Crippen LogP contribution in [0.15, 0.2) is 90.5 Å². The first-order valence-corrected chi connectivity index (χ1v) is 8.86. The SMILES string of the molecule is O=C1NC(c2ccccc2)=C(Cc2ccc(F)cc2)[C@H](c2ccccc2)N1. The lowest BCUT2D eigenvalue weighted by Gasteiger charge is -2.31. The zero-order valence-electron chi connectivity index (χ0n) is 14.7. The van der Waals surface area contributed by atoms with E-state index in [2.05, 4.69) is 10.6 Å². The Hall–Kier alpha value is -3.40. The van der Waals surface area contributed by atoms with Crippen molar-refractivity contribution in [1.82, 2.24) is 10.6 Å². The van der Waals surface area contributed by atoms with Gasteiger partial charge < -0.3 is 10.6 Å². The molecule has 4 heteroatoms. The molecule has 0 aromatic heterocycles. The molecule has 3 nitrogen and oxygen atoms in total. The summed E-state index contributed by atoms with van der Waals surface area (Å²) in [6.07, 6.45) is 0.595. The van der Waals surface area contributed by atoms with Gasteiger partial charge >= 0.3 is 6.03 Å². The zero-order chi connectivity index (χ0) is 18.6. The molecular weight excluding hydrogens is 339 g/mol. The summed E-state index contributed by atoms with van der Waals surface area (Å²) in [6.45, 7) is 0. The van der Waals surface area contributed by atoms with Crippen molar-refractivity contribution < 1.29 is 9.18 Å². The molecule has 0 unspecified atom stereocenters. The standard InChI is InChI=1S/C23H19FN2O/c24-19-13-11-16(12-14-19)15-20-21(17-7-3-1-4-8-17)25-23(27)26-22(20)18-9-5-2-6-10-18/h1-14,21H,15H2,(H2,25,26,27)/t21-/m0/s1. The molecular formula is C23H19FN2O. The Morgan fingerprint density at radius 3 is 2.11 bits per heavy atom. The molecule has 27 heavy (non-hydrogen) atoms. The monoisotopic (exact) mass is 358 g/mol. The summed E-state index contributed by atoms with van der Waals surface area (Å²) >= 11 is 0. The Morgan fingerprint density at radius 1 is 0.815 bits per heavy atom. The van der Waals surface area contributed by atoms with Gasteiger partial charge in [-0.25, -0.2) is 9.18 Å². The molecule has 0 spiro atoms. The number of benzene rings is 3. The van der Waals surface area contributed by atoms with Crippen molar-refractivity contribution in [3.05, 3.63) is 113 Å². The van der Waals surface area contributed by atoms with E-state index in [1.54, 1.807) is 12.1 Å². The van der Waals surface area contributed by atoms with Crippen molar-refractivity contribution in [3.8, 4) is 0 Å². The summed E-state index contributed by atoms with van der Waals surface area (Å²) in [5, 5.41) is 6.00. The van der Waals surface area contributed by atoms with Crippen LogP contribution in [-0.4, -0.2) is 6.03 Å². The van der Waals surface area contributed by atoms with Gasteiger partial charge in [-0.1, -0.05) is 72.8 Å². The zero-order valence-corrected chi connectivity index (χ0v) is 14.7. The van der Waals surface area contributed by atoms with Gasteiger partial charge in [0.2, 0.25) is 0 Å². The third kappa shape index (κ3) is 3.75. The van der Waals surface area contributed by atoms with Gasteiger partial charge in [-0.15, -0.1) is 0 Å². The summed E-state index contributed by atoms with van der Waals surface area (Å²) in [4.78, 5) is 12.4. The molecule has 134 valence electrons. The largest absolute Gasteiger partial charge is 0.327 e. The van der Waals surface area contributed by atoms with Crippen molar-refractivity contribution in [2.45, 2.75) is 12.5 Å². The van der Waals surface area contributed by atoms with Crippen molar-refractivity contribution in [2.24, 2.45) is 0 Å². The van der Waals surface area contributed by atoms with Gasteiger partial charge in [0.15, 0.2) is 0 Å². The number of nitrogens with one attached hydrogen (secondary N) is 2. The third-order valence-electron chi connectivity index (χ3n) is 4.69. The van der Waals surface area contributed by atoms with Crippen LogP contribution in [0, 0.1) is 5.82 Å². The molecule has 1 aliphatic heterocycles. The van der Waals surface area contributed by atoms with Crippen LogP contribution in [0.2, 0.25) is 0 Å². The number of rotatable bonds is 4. The highest BCUT2D eigenvalue weighted by Crippen LogP contribution is 2.33. The van der Waals surface area contributed by atoms with Gasteiger partial charge in [0.25, 0.3) is 0 Å². The number of amides is 2. The minimum atomic E-state index is -0.259. The van der Waals surface area contributed by atoms with Crippen LogP contribution >= 0.6 is 0 Å². The molecule has 0 saturated carbocycles. The molecule has 0 saturated heterocycles. The second-order valence-corrected chi connectivity index (χ2v) is 6.51. The Labute approximate surface area is 157 Å². The van der Waals surface area contributed by atoms with E-state index in [1.807, 2.05) is 60.7 Å². The van der Waals surface area contributed by atoms with Gasteiger partial charge in [-0.3, -0.25) is 0 Å². The van der Waals surface area contributed by atoms with Crippen molar-refractivity contribution >= 4 is 11.7 Å². The Kier molecular flexibility index (Phi) is 4.71. The molecule has 4 rings (SSSR count). The topological polar surface area (TPSA) is 41.1 Å². The van der Waals surface area contributed by atoms with Crippen molar-refractivity contribution in [2.75, 3.05) is 0 Å². The van der Waals surface area contributed by atoms with Crippen LogP contribution in [0.4, 0.5) is 9.18 Å². The molecule has 3 aromatic carbocycles. The Morgan fingerprint density at radius 2 is 1.44 bits per heavy atom. The maximum atomic E-state index is 13.3. The molecule has 0 fully saturated rings. The number of urea groups is 1. The number of halogens is 1. The van der Waals surface area contributed by atoms with Crippen molar-refractivity contribution in [3.63, 3.8) is 0 Å². The predicted molar refractivity (Wildman–Crippen MR) is 104 cm³/mol. The lowest BCUT2D eigenvalue weighted by Crippen LogP contribution is -2.43. The van der Waals surface area contributed by atoms with E-state index in [-0.39, 0.29) is 17.9 Å². The maximum Gasteiger partial charge on any atom is 0.319 e. The molecule has 0 aliphatic carbocycles. The molecule has 0 bridgehead atoms. The van der Waals surface area contributed by atoms with E-state index in [0.29, 0.717) is 6.42 Å². The molecule has 0 radical (unpaired) electrons. The highest BCUT2D eigenvalue weighted by atomic mass is 19.1. The maximum absolute atomic E-state index is 13.3. The van der Waals surface area contributed by atoms with Gasteiger partial charge in [-0.05, 0) is 40.8 Å². The van der Waals surface area contributed by atoms with E-state index in [9.17, 15) is 9.18 Å². The molecule has 1 aliphatic rings. The predicted octanol–water partition coefficient (Wildman–Crippen LogP) is 4.83. The highest BCUT2D eigenvalue weighted by Gasteiger charge is 2.28. The van der Waals surface area contributed by atoms with E-state index in [1.165, 1.54) is 12.1 Å². The van der Waals surface area contributed by atoms with Gasteiger partial charge in [0.1, 0.15) is 5.82 Å². The first-order valence-electron chi connectivity index (χ1n) is 8.86. The van der Waals surface area contributed by atoms with Crippen LogP contribution < -0.4 is 10.6 Å². The summed E-state index contributed by atoms with van der Waals surface area (Å²) in [5.41, 5.74) is 4.79. The fraction of sp³-hybridized carbons (Fsp3) is 0.0870. The average Bonchev–Trinajstić information content (AvgIpc) is 2.72. The van der Waals surface area contributed by atoms with Crippen LogP contribution in [0.1, 0.15) is 22.7 Å². The normalized spacial score (nSPS) is 16.6. The van der Waals surface area contributed by atoms with E-state index < -0.39 is 0 Å². The minimum absolute atomic E-state index is 0.231. The fourth-order valence-electron chi connectivity index (χ4n) is 3.40. The third-order valence-corrected chi connectivity index (χ3v) is 4.69. The average molecular weight is 358 g/mol. The number of hydrogen-bond donors (Lipinski definition) is 2. The van der Waals surface area contributed by atoms with Gasteiger partial charge in [0.05, 0.1) is 11.7 Å². The Balaban J connectivity index is 1.84. The van der Waals surface area contributed by atoms with Crippen molar-refractivity contribution in [1.29, 1.82) is 0 Å². The van der Waals surface area contributed by atoms with Gasteiger partial charge in [0, 0.05) is 0 Å². The summed E-state index contributed by atoms with van der Waals surface area (Å²) < 4.78 is 13.3. The lowest BCUT2D eigenvalue weighted by molar-refractivity contribution is 0.240. The number of carbonyl (C=O) groups is 1. The van der Waals surface area contributed by atoms with Crippen LogP contribution in [0.25, 0.3) is 5.70 Å². The van der Waals surface area contributed by atoms with Crippen LogP contribution in [0.3, 0.4) is 0 Å². The van der Waals surface area contributed by atoms with E-state index >= 15 is 0 Å². The van der Waals surface area contributed by atoms with E-state index in [0.717, 1.165) is 28.0 Å². The molecule has 3 aromatic rings. The Bertz CT molecular complexity index is 966.